The molecule has 0 aliphatic rings. The standard InChI is InChI=1S/C14H15ClF3NO/c1-3-19(4-2)13(20)8-6-10-5-7-12(15)11(9-10)14(16,17)18/h5-9H,3-4H2,1-2H3. The van der Waals surface area contributed by atoms with Gasteiger partial charge in [-0.1, -0.05) is 17.7 Å². The molecule has 6 heteroatoms. The second-order valence-electron chi connectivity index (χ2n) is 4.08. The summed E-state index contributed by atoms with van der Waals surface area (Å²) in [6, 6.07) is 3.53. The molecule has 0 aliphatic heterocycles. The molecule has 0 spiro atoms. The van der Waals surface area contributed by atoms with Crippen molar-refractivity contribution in [1.29, 1.82) is 0 Å². The van der Waals surface area contributed by atoms with E-state index in [0.29, 0.717) is 13.1 Å². The molecule has 0 radical (unpaired) electrons. The zero-order valence-electron chi connectivity index (χ0n) is 11.2. The van der Waals surface area contributed by atoms with E-state index in [1.54, 1.807) is 4.90 Å². The summed E-state index contributed by atoms with van der Waals surface area (Å²) in [7, 11) is 0. The molecule has 0 fully saturated rings. The van der Waals surface area contributed by atoms with Crippen LogP contribution in [-0.2, 0) is 11.0 Å². The van der Waals surface area contributed by atoms with Crippen LogP contribution in [0.25, 0.3) is 6.08 Å². The minimum Gasteiger partial charge on any atom is -0.340 e. The maximum absolute atomic E-state index is 12.7. The van der Waals surface area contributed by atoms with E-state index in [2.05, 4.69) is 0 Å². The van der Waals surface area contributed by atoms with Crippen molar-refractivity contribution >= 4 is 23.6 Å². The van der Waals surface area contributed by atoms with Gasteiger partial charge in [0.05, 0.1) is 10.6 Å². The Bertz CT molecular complexity index is 508. The Kier molecular flexibility index (Phi) is 5.62. The number of carbonyl (C=O) groups is 1. The summed E-state index contributed by atoms with van der Waals surface area (Å²) in [6.07, 6.45) is -1.90. The van der Waals surface area contributed by atoms with Gasteiger partial charge in [-0.3, -0.25) is 4.79 Å². The van der Waals surface area contributed by atoms with Crippen molar-refractivity contribution in [3.05, 3.63) is 40.4 Å². The van der Waals surface area contributed by atoms with Crippen molar-refractivity contribution in [1.82, 2.24) is 4.90 Å². The van der Waals surface area contributed by atoms with Gasteiger partial charge in [0.1, 0.15) is 0 Å². The fourth-order valence-electron chi connectivity index (χ4n) is 1.67. The van der Waals surface area contributed by atoms with Crippen molar-refractivity contribution in [2.45, 2.75) is 20.0 Å². The molecule has 110 valence electrons. The van der Waals surface area contributed by atoms with E-state index in [9.17, 15) is 18.0 Å². The Morgan fingerprint density at radius 2 is 1.90 bits per heavy atom. The largest absolute Gasteiger partial charge is 0.417 e. The zero-order valence-corrected chi connectivity index (χ0v) is 11.9. The smallest absolute Gasteiger partial charge is 0.340 e. The Morgan fingerprint density at radius 1 is 1.30 bits per heavy atom. The first-order valence-corrected chi connectivity index (χ1v) is 6.51. The summed E-state index contributed by atoms with van der Waals surface area (Å²) in [4.78, 5) is 13.3. The number of benzene rings is 1. The highest BCUT2D eigenvalue weighted by Gasteiger charge is 2.33. The molecule has 0 N–H and O–H groups in total. The van der Waals surface area contributed by atoms with Gasteiger partial charge in [0.15, 0.2) is 0 Å². The fraction of sp³-hybridized carbons (Fsp3) is 0.357. The van der Waals surface area contributed by atoms with Crippen LogP contribution in [0.5, 0.6) is 0 Å². The molecule has 0 heterocycles. The maximum atomic E-state index is 12.7. The molecule has 0 unspecified atom stereocenters. The van der Waals surface area contributed by atoms with Gasteiger partial charge in [-0.15, -0.1) is 0 Å². The molecule has 0 atom stereocenters. The van der Waals surface area contributed by atoms with Gasteiger partial charge in [-0.05, 0) is 37.6 Å². The Labute approximate surface area is 120 Å². The molecule has 0 aliphatic carbocycles. The lowest BCUT2D eigenvalue weighted by atomic mass is 10.1. The lowest BCUT2D eigenvalue weighted by molar-refractivity contribution is -0.137. The second kappa shape index (κ2) is 6.79. The molecule has 0 saturated heterocycles. The van der Waals surface area contributed by atoms with Crippen LogP contribution >= 0.6 is 11.6 Å². The van der Waals surface area contributed by atoms with Crippen LogP contribution in [0.3, 0.4) is 0 Å². The van der Waals surface area contributed by atoms with E-state index in [1.807, 2.05) is 13.8 Å². The van der Waals surface area contributed by atoms with Crippen LogP contribution in [0.15, 0.2) is 24.3 Å². The van der Waals surface area contributed by atoms with E-state index < -0.39 is 11.7 Å². The van der Waals surface area contributed by atoms with Crippen molar-refractivity contribution < 1.29 is 18.0 Å². The Hall–Kier alpha value is -1.49. The van der Waals surface area contributed by atoms with Crippen LogP contribution in [0.1, 0.15) is 25.0 Å². The SMILES string of the molecule is CCN(CC)C(=O)C=Cc1ccc(Cl)c(C(F)(F)F)c1. The number of amides is 1. The number of likely N-dealkylation sites (N-methyl/N-ethyl adjacent to an activating group) is 1. The van der Waals surface area contributed by atoms with Crippen LogP contribution in [0.2, 0.25) is 5.02 Å². The predicted molar refractivity (Wildman–Crippen MR) is 73.4 cm³/mol. The summed E-state index contributed by atoms with van der Waals surface area (Å²) in [5.74, 6) is -0.237. The maximum Gasteiger partial charge on any atom is 0.417 e. The van der Waals surface area contributed by atoms with Crippen LogP contribution in [0.4, 0.5) is 13.2 Å². The molecule has 0 aromatic heterocycles. The molecule has 1 rings (SSSR count). The number of hydrogen-bond donors (Lipinski definition) is 0. The number of halogens is 4. The minimum atomic E-state index is -4.51. The highest BCUT2D eigenvalue weighted by atomic mass is 35.5. The predicted octanol–water partition coefficient (Wildman–Crippen LogP) is 4.24. The van der Waals surface area contributed by atoms with Gasteiger partial charge in [0.2, 0.25) is 5.91 Å². The first-order chi connectivity index (χ1) is 9.29. The zero-order chi connectivity index (χ0) is 15.3. The molecular formula is C14H15ClF3NO. The number of nitrogens with zero attached hydrogens (tertiary/aromatic N) is 1. The lowest BCUT2D eigenvalue weighted by Gasteiger charge is -2.15. The Balaban J connectivity index is 2.97. The van der Waals surface area contributed by atoms with Crippen molar-refractivity contribution in [2.24, 2.45) is 0 Å². The first kappa shape index (κ1) is 16.6. The summed E-state index contributed by atoms with van der Waals surface area (Å²) >= 11 is 5.52. The van der Waals surface area contributed by atoms with E-state index in [0.717, 1.165) is 6.07 Å². The summed E-state index contributed by atoms with van der Waals surface area (Å²) in [5, 5.41) is -0.357. The summed E-state index contributed by atoms with van der Waals surface area (Å²) in [6.45, 7) is 4.76. The monoisotopic (exact) mass is 305 g/mol. The average molecular weight is 306 g/mol. The molecule has 2 nitrogen and oxygen atoms in total. The van der Waals surface area contributed by atoms with Gasteiger partial charge in [0, 0.05) is 19.2 Å². The molecule has 20 heavy (non-hydrogen) atoms. The van der Waals surface area contributed by atoms with Gasteiger partial charge in [-0.25, -0.2) is 0 Å². The number of rotatable bonds is 4. The van der Waals surface area contributed by atoms with Crippen LogP contribution in [-0.4, -0.2) is 23.9 Å². The van der Waals surface area contributed by atoms with Crippen LogP contribution < -0.4 is 0 Å². The van der Waals surface area contributed by atoms with Gasteiger partial charge in [0.25, 0.3) is 0 Å². The highest BCUT2D eigenvalue weighted by Crippen LogP contribution is 2.35. The van der Waals surface area contributed by atoms with Crippen molar-refractivity contribution in [2.75, 3.05) is 13.1 Å². The molecule has 0 saturated carbocycles. The fourth-order valence-corrected chi connectivity index (χ4v) is 1.90. The molecule has 1 amide bonds. The van der Waals surface area contributed by atoms with E-state index in [-0.39, 0.29) is 16.5 Å². The third kappa shape index (κ3) is 4.27. The van der Waals surface area contributed by atoms with Gasteiger partial charge in [-0.2, -0.15) is 13.2 Å². The summed E-state index contributed by atoms with van der Waals surface area (Å²) < 4.78 is 38.0. The quantitative estimate of drug-likeness (QED) is 0.762. The summed E-state index contributed by atoms with van der Waals surface area (Å²) in [5.41, 5.74) is -0.626. The minimum absolute atomic E-state index is 0.237. The highest BCUT2D eigenvalue weighted by molar-refractivity contribution is 6.31. The molecule has 0 bridgehead atoms. The average Bonchev–Trinajstić information content (AvgIpc) is 2.37. The third-order valence-corrected chi connectivity index (χ3v) is 3.12. The molecular weight excluding hydrogens is 291 g/mol. The number of carbonyl (C=O) groups excluding carboxylic acids is 1. The third-order valence-electron chi connectivity index (χ3n) is 2.79. The topological polar surface area (TPSA) is 20.3 Å². The normalized spacial score (nSPS) is 11.9. The van der Waals surface area contributed by atoms with Gasteiger partial charge < -0.3 is 4.90 Å². The van der Waals surface area contributed by atoms with Crippen molar-refractivity contribution in [3.8, 4) is 0 Å². The molecule has 1 aromatic carbocycles. The molecule has 1 aromatic rings. The van der Waals surface area contributed by atoms with E-state index >= 15 is 0 Å². The van der Waals surface area contributed by atoms with E-state index in [1.165, 1.54) is 24.3 Å². The number of hydrogen-bond acceptors (Lipinski definition) is 1. The lowest BCUT2D eigenvalue weighted by Crippen LogP contribution is -2.28. The van der Waals surface area contributed by atoms with Crippen molar-refractivity contribution in [3.63, 3.8) is 0 Å². The second-order valence-corrected chi connectivity index (χ2v) is 4.49. The Morgan fingerprint density at radius 3 is 2.40 bits per heavy atom. The number of alkyl halides is 3. The van der Waals surface area contributed by atoms with Crippen LogP contribution in [0, 0.1) is 0 Å². The van der Waals surface area contributed by atoms with Gasteiger partial charge >= 0.3 is 6.18 Å². The van der Waals surface area contributed by atoms with E-state index in [4.69, 9.17) is 11.6 Å². The first-order valence-electron chi connectivity index (χ1n) is 6.13.